The molecule has 1 aromatic carbocycles. The average Bonchev–Trinajstić information content (AvgIpc) is 2.37. The number of aromatic carboxylic acids is 1. The Morgan fingerprint density at radius 3 is 2.42 bits per heavy atom. The van der Waals surface area contributed by atoms with Crippen LogP contribution < -0.4 is 11.1 Å². The summed E-state index contributed by atoms with van der Waals surface area (Å²) in [4.78, 5) is 23.0. The highest BCUT2D eigenvalue weighted by molar-refractivity contribution is 6.03. The molecule has 6 heteroatoms. The Balaban J connectivity index is 3.08. The zero-order chi connectivity index (χ0) is 14.6. The fourth-order valence-electron chi connectivity index (χ4n) is 1.62. The van der Waals surface area contributed by atoms with E-state index in [0.29, 0.717) is 12.8 Å². The summed E-state index contributed by atoms with van der Waals surface area (Å²) in [6, 6.07) is 3.09. The van der Waals surface area contributed by atoms with E-state index in [1.165, 1.54) is 0 Å². The predicted octanol–water partition coefficient (Wildman–Crippen LogP) is 1.98. The van der Waals surface area contributed by atoms with Gasteiger partial charge in [0.2, 0.25) is 5.91 Å². The smallest absolute Gasteiger partial charge is 0.337 e. The largest absolute Gasteiger partial charge is 0.478 e. The lowest BCUT2D eigenvalue weighted by atomic mass is 9.93. The summed E-state index contributed by atoms with van der Waals surface area (Å²) in [6.45, 7) is 3.51. The van der Waals surface area contributed by atoms with Crippen molar-refractivity contribution in [1.29, 1.82) is 0 Å². The van der Waals surface area contributed by atoms with Crippen LogP contribution in [0.25, 0.3) is 0 Å². The molecule has 19 heavy (non-hydrogen) atoms. The van der Waals surface area contributed by atoms with Gasteiger partial charge in [-0.05, 0) is 31.0 Å². The summed E-state index contributed by atoms with van der Waals surface area (Å²) >= 11 is 0. The zero-order valence-corrected chi connectivity index (χ0v) is 10.9. The zero-order valence-electron chi connectivity index (χ0n) is 10.9. The van der Waals surface area contributed by atoms with Crippen molar-refractivity contribution in [1.82, 2.24) is 0 Å². The number of carbonyl (C=O) groups excluding carboxylic acids is 1. The minimum atomic E-state index is -1.24. The number of nitrogens with two attached hydrogens (primary N) is 1. The van der Waals surface area contributed by atoms with Crippen molar-refractivity contribution in [2.75, 3.05) is 5.32 Å². The lowest BCUT2D eigenvalue weighted by Crippen LogP contribution is -2.50. The van der Waals surface area contributed by atoms with Crippen LogP contribution in [0.5, 0.6) is 0 Å². The van der Waals surface area contributed by atoms with Crippen LogP contribution in [-0.4, -0.2) is 22.5 Å². The first-order chi connectivity index (χ1) is 8.84. The highest BCUT2D eigenvalue weighted by atomic mass is 19.1. The Morgan fingerprint density at radius 1 is 1.37 bits per heavy atom. The monoisotopic (exact) mass is 268 g/mol. The van der Waals surface area contributed by atoms with E-state index < -0.39 is 23.2 Å². The van der Waals surface area contributed by atoms with Crippen LogP contribution in [0.15, 0.2) is 18.2 Å². The normalized spacial score (nSPS) is 11.2. The van der Waals surface area contributed by atoms with Gasteiger partial charge in [0.15, 0.2) is 0 Å². The number of benzene rings is 1. The molecule has 0 aliphatic heterocycles. The minimum absolute atomic E-state index is 0.0887. The molecule has 104 valence electrons. The van der Waals surface area contributed by atoms with Gasteiger partial charge in [-0.3, -0.25) is 4.79 Å². The quantitative estimate of drug-likeness (QED) is 0.761. The summed E-state index contributed by atoms with van der Waals surface area (Å²) in [5, 5.41) is 11.4. The number of nitrogens with one attached hydrogen (secondary N) is 1. The first-order valence-corrected chi connectivity index (χ1v) is 5.97. The van der Waals surface area contributed by atoms with Crippen LogP contribution in [0.2, 0.25) is 0 Å². The topological polar surface area (TPSA) is 92.4 Å². The maximum absolute atomic E-state index is 13.1. The van der Waals surface area contributed by atoms with Crippen LogP contribution in [0, 0.1) is 5.82 Å². The number of anilines is 1. The van der Waals surface area contributed by atoms with Gasteiger partial charge in [0.25, 0.3) is 0 Å². The summed E-state index contributed by atoms with van der Waals surface area (Å²) in [7, 11) is 0. The highest BCUT2D eigenvalue weighted by Crippen LogP contribution is 2.20. The molecule has 0 spiro atoms. The molecule has 0 saturated heterocycles. The van der Waals surface area contributed by atoms with Crippen LogP contribution in [0.1, 0.15) is 37.0 Å². The average molecular weight is 268 g/mol. The summed E-state index contributed by atoms with van der Waals surface area (Å²) in [6.07, 6.45) is 0.792. The molecule has 0 aliphatic carbocycles. The fourth-order valence-corrected chi connectivity index (χ4v) is 1.62. The summed E-state index contributed by atoms with van der Waals surface area (Å²) in [5.41, 5.74) is 4.54. The molecule has 1 aromatic rings. The van der Waals surface area contributed by atoms with Gasteiger partial charge in [-0.1, -0.05) is 13.8 Å². The van der Waals surface area contributed by atoms with Gasteiger partial charge in [0, 0.05) is 0 Å². The number of halogens is 1. The lowest BCUT2D eigenvalue weighted by molar-refractivity contribution is -0.121. The maximum Gasteiger partial charge on any atom is 0.337 e. The minimum Gasteiger partial charge on any atom is -0.478 e. The van der Waals surface area contributed by atoms with Crippen LogP contribution in [0.3, 0.4) is 0 Å². The number of carbonyl (C=O) groups is 2. The van der Waals surface area contributed by atoms with E-state index >= 15 is 0 Å². The van der Waals surface area contributed by atoms with Gasteiger partial charge in [0.05, 0.1) is 16.8 Å². The Morgan fingerprint density at radius 2 is 1.95 bits per heavy atom. The van der Waals surface area contributed by atoms with Crippen molar-refractivity contribution in [3.8, 4) is 0 Å². The molecule has 0 fully saturated rings. The van der Waals surface area contributed by atoms with Crippen molar-refractivity contribution in [2.45, 2.75) is 32.2 Å². The molecule has 1 amide bonds. The second kappa shape index (κ2) is 5.79. The van der Waals surface area contributed by atoms with Crippen LogP contribution in [-0.2, 0) is 4.79 Å². The molecule has 5 nitrogen and oxygen atoms in total. The maximum atomic E-state index is 13.1. The third-order valence-electron chi connectivity index (χ3n) is 3.17. The molecule has 0 bridgehead atoms. The van der Waals surface area contributed by atoms with Crippen molar-refractivity contribution in [3.63, 3.8) is 0 Å². The Labute approximate surface area is 110 Å². The number of hydrogen-bond acceptors (Lipinski definition) is 3. The molecule has 0 unspecified atom stereocenters. The van der Waals surface area contributed by atoms with Gasteiger partial charge in [0.1, 0.15) is 5.82 Å². The number of hydrogen-bond donors (Lipinski definition) is 3. The Kier molecular flexibility index (Phi) is 4.61. The van der Waals surface area contributed by atoms with E-state index in [9.17, 15) is 14.0 Å². The van der Waals surface area contributed by atoms with E-state index in [4.69, 9.17) is 10.8 Å². The number of carboxylic acid groups (broad SMARTS) is 1. The lowest BCUT2D eigenvalue weighted by Gasteiger charge is -2.25. The molecule has 4 N–H and O–H groups in total. The third kappa shape index (κ3) is 3.29. The molecule has 0 saturated carbocycles. The summed E-state index contributed by atoms with van der Waals surface area (Å²) < 4.78 is 13.1. The van der Waals surface area contributed by atoms with Crippen LogP contribution >= 0.6 is 0 Å². The van der Waals surface area contributed by atoms with Crippen molar-refractivity contribution < 1.29 is 19.1 Å². The van der Waals surface area contributed by atoms with Gasteiger partial charge in [-0.15, -0.1) is 0 Å². The second-order valence-corrected chi connectivity index (χ2v) is 4.31. The molecular weight excluding hydrogens is 251 g/mol. The van der Waals surface area contributed by atoms with E-state index in [-0.39, 0.29) is 11.3 Å². The predicted molar refractivity (Wildman–Crippen MR) is 69.5 cm³/mol. The molecule has 0 aliphatic rings. The molecule has 1 rings (SSSR count). The Bertz CT molecular complexity index is 499. The first kappa shape index (κ1) is 15.1. The number of rotatable bonds is 5. The van der Waals surface area contributed by atoms with Gasteiger partial charge in [-0.25, -0.2) is 9.18 Å². The van der Waals surface area contributed by atoms with Gasteiger partial charge in [-0.2, -0.15) is 0 Å². The van der Waals surface area contributed by atoms with Gasteiger partial charge < -0.3 is 16.2 Å². The van der Waals surface area contributed by atoms with E-state index in [2.05, 4.69) is 5.32 Å². The third-order valence-corrected chi connectivity index (χ3v) is 3.17. The van der Waals surface area contributed by atoms with Crippen molar-refractivity contribution in [3.05, 3.63) is 29.6 Å². The van der Waals surface area contributed by atoms with Crippen molar-refractivity contribution in [2.24, 2.45) is 5.73 Å². The fraction of sp³-hybridized carbons (Fsp3) is 0.385. The van der Waals surface area contributed by atoms with Gasteiger partial charge >= 0.3 is 5.97 Å². The number of carboxylic acids is 1. The molecular formula is C13H17FN2O3. The van der Waals surface area contributed by atoms with E-state index in [1.54, 1.807) is 13.8 Å². The second-order valence-electron chi connectivity index (χ2n) is 4.31. The number of amides is 1. The summed E-state index contributed by atoms with van der Waals surface area (Å²) in [5.74, 6) is -2.40. The van der Waals surface area contributed by atoms with Crippen molar-refractivity contribution >= 4 is 17.6 Å². The van der Waals surface area contributed by atoms with E-state index in [1.807, 2.05) is 0 Å². The standard InChI is InChI=1S/C13H17FN2O3/c1-3-13(15,4-2)12(19)16-10-7-8(14)5-6-9(10)11(17)18/h5-7H,3-4,15H2,1-2H3,(H,16,19)(H,17,18). The van der Waals surface area contributed by atoms with Crippen LogP contribution in [0.4, 0.5) is 10.1 Å². The molecule has 0 aromatic heterocycles. The molecule has 0 atom stereocenters. The first-order valence-electron chi connectivity index (χ1n) is 5.97. The highest BCUT2D eigenvalue weighted by Gasteiger charge is 2.30. The molecule has 0 heterocycles. The SMILES string of the molecule is CCC(N)(CC)C(=O)Nc1cc(F)ccc1C(=O)O. The molecule has 0 radical (unpaired) electrons. The Hall–Kier alpha value is -1.95. The van der Waals surface area contributed by atoms with E-state index in [0.717, 1.165) is 18.2 Å².